The zero-order chi connectivity index (χ0) is 14.5. The van der Waals surface area contributed by atoms with Crippen molar-refractivity contribution < 1.29 is 4.79 Å². The number of carbonyl (C=O) groups is 1. The van der Waals surface area contributed by atoms with Crippen LogP contribution in [-0.2, 0) is 11.2 Å². The summed E-state index contributed by atoms with van der Waals surface area (Å²) < 4.78 is 1.62. The molecule has 2 aromatic carbocycles. The van der Waals surface area contributed by atoms with Crippen LogP contribution >= 0.6 is 31.9 Å². The summed E-state index contributed by atoms with van der Waals surface area (Å²) in [4.78, 5) is 12.1. The Bertz CT molecular complexity index is 582. The Balaban J connectivity index is 2.05. The Morgan fingerprint density at radius 1 is 1.05 bits per heavy atom. The SMILES string of the molecule is N[C@@H](Cc1ccccc1)C(=O)Nc1c(Br)cccc1Br. The molecule has 2 rings (SSSR count). The topological polar surface area (TPSA) is 55.1 Å². The van der Waals surface area contributed by atoms with Gasteiger partial charge in [0.05, 0.1) is 11.7 Å². The van der Waals surface area contributed by atoms with Gasteiger partial charge >= 0.3 is 0 Å². The van der Waals surface area contributed by atoms with E-state index in [0.29, 0.717) is 12.1 Å². The fourth-order valence-corrected chi connectivity index (χ4v) is 2.99. The van der Waals surface area contributed by atoms with Crippen molar-refractivity contribution in [3.05, 3.63) is 63.0 Å². The summed E-state index contributed by atoms with van der Waals surface area (Å²) in [5.74, 6) is -0.207. The minimum Gasteiger partial charge on any atom is -0.323 e. The molecule has 0 fully saturated rings. The molecule has 0 spiro atoms. The predicted molar refractivity (Wildman–Crippen MR) is 88.6 cm³/mol. The van der Waals surface area contributed by atoms with Crippen LogP contribution in [0.5, 0.6) is 0 Å². The Labute approximate surface area is 134 Å². The van der Waals surface area contributed by atoms with E-state index in [1.165, 1.54) is 0 Å². The van der Waals surface area contributed by atoms with Crippen molar-refractivity contribution in [2.24, 2.45) is 5.73 Å². The van der Waals surface area contributed by atoms with Gasteiger partial charge < -0.3 is 11.1 Å². The summed E-state index contributed by atoms with van der Waals surface area (Å²) >= 11 is 6.81. The molecule has 3 N–H and O–H groups in total. The fraction of sp³-hybridized carbons (Fsp3) is 0.133. The lowest BCUT2D eigenvalue weighted by Gasteiger charge is -2.14. The standard InChI is InChI=1S/C15H14Br2N2O/c16-11-7-4-8-12(17)14(11)19-15(20)13(18)9-10-5-2-1-3-6-10/h1-8,13H,9,18H2,(H,19,20)/t13-/m0/s1. The molecule has 0 radical (unpaired) electrons. The van der Waals surface area contributed by atoms with Crippen LogP contribution in [0.2, 0.25) is 0 Å². The molecular weight excluding hydrogens is 384 g/mol. The molecule has 104 valence electrons. The molecule has 5 heteroatoms. The molecule has 0 bridgehead atoms. The number of carbonyl (C=O) groups excluding carboxylic acids is 1. The number of nitrogens with one attached hydrogen (secondary N) is 1. The first-order valence-corrected chi connectivity index (χ1v) is 7.71. The molecule has 1 amide bonds. The molecule has 20 heavy (non-hydrogen) atoms. The van der Waals surface area contributed by atoms with Crippen LogP contribution in [0.1, 0.15) is 5.56 Å². The van der Waals surface area contributed by atoms with Crippen molar-refractivity contribution in [1.29, 1.82) is 0 Å². The van der Waals surface area contributed by atoms with Crippen molar-refractivity contribution in [1.82, 2.24) is 0 Å². The average molecular weight is 398 g/mol. The van der Waals surface area contributed by atoms with Gasteiger partial charge in [-0.2, -0.15) is 0 Å². The highest BCUT2D eigenvalue weighted by Crippen LogP contribution is 2.30. The maximum atomic E-state index is 12.1. The lowest BCUT2D eigenvalue weighted by Crippen LogP contribution is -2.37. The number of hydrogen-bond acceptors (Lipinski definition) is 2. The van der Waals surface area contributed by atoms with E-state index in [1.807, 2.05) is 48.5 Å². The monoisotopic (exact) mass is 396 g/mol. The van der Waals surface area contributed by atoms with Gasteiger partial charge in [0.1, 0.15) is 0 Å². The zero-order valence-electron chi connectivity index (χ0n) is 10.6. The molecule has 0 aromatic heterocycles. The largest absolute Gasteiger partial charge is 0.323 e. The molecule has 0 unspecified atom stereocenters. The third-order valence-electron chi connectivity index (χ3n) is 2.85. The quantitative estimate of drug-likeness (QED) is 0.825. The highest BCUT2D eigenvalue weighted by molar-refractivity contribution is 9.11. The van der Waals surface area contributed by atoms with Crippen molar-refractivity contribution in [3.8, 4) is 0 Å². The second kappa shape index (κ2) is 7.02. The third-order valence-corrected chi connectivity index (χ3v) is 4.17. The number of nitrogens with two attached hydrogens (primary N) is 1. The lowest BCUT2D eigenvalue weighted by molar-refractivity contribution is -0.117. The van der Waals surface area contributed by atoms with Crippen molar-refractivity contribution >= 4 is 43.5 Å². The second-order valence-corrected chi connectivity index (χ2v) is 6.09. The summed E-state index contributed by atoms with van der Waals surface area (Å²) in [6.07, 6.45) is 0.509. The number of anilines is 1. The maximum Gasteiger partial charge on any atom is 0.241 e. The maximum absolute atomic E-state index is 12.1. The molecule has 3 nitrogen and oxygen atoms in total. The third kappa shape index (κ3) is 3.91. The van der Waals surface area contributed by atoms with Crippen LogP contribution in [0, 0.1) is 0 Å². The van der Waals surface area contributed by atoms with Crippen LogP contribution in [-0.4, -0.2) is 11.9 Å². The first-order chi connectivity index (χ1) is 9.58. The molecule has 0 aliphatic carbocycles. The van der Waals surface area contributed by atoms with Gasteiger partial charge in [-0.3, -0.25) is 4.79 Å². The van der Waals surface area contributed by atoms with Gasteiger partial charge in [0.25, 0.3) is 0 Å². The number of rotatable bonds is 4. The highest BCUT2D eigenvalue weighted by Gasteiger charge is 2.16. The molecule has 0 aliphatic rings. The lowest BCUT2D eigenvalue weighted by atomic mass is 10.1. The molecule has 1 atom stereocenters. The summed E-state index contributed by atoms with van der Waals surface area (Å²) in [6, 6.07) is 14.8. The second-order valence-electron chi connectivity index (χ2n) is 4.38. The van der Waals surface area contributed by atoms with Gasteiger partial charge in [-0.05, 0) is 56.0 Å². The molecule has 0 saturated heterocycles. The number of hydrogen-bond donors (Lipinski definition) is 2. The summed E-state index contributed by atoms with van der Waals surface area (Å²) in [5.41, 5.74) is 7.69. The first-order valence-electron chi connectivity index (χ1n) is 6.12. The van der Waals surface area contributed by atoms with Crippen molar-refractivity contribution in [2.75, 3.05) is 5.32 Å². The minimum atomic E-state index is -0.587. The van der Waals surface area contributed by atoms with Gasteiger partial charge in [0.2, 0.25) is 5.91 Å². The van der Waals surface area contributed by atoms with Crippen LogP contribution in [0.3, 0.4) is 0 Å². The molecule has 0 aliphatic heterocycles. The van der Waals surface area contributed by atoms with Crippen molar-refractivity contribution in [3.63, 3.8) is 0 Å². The Morgan fingerprint density at radius 2 is 1.65 bits per heavy atom. The van der Waals surface area contributed by atoms with E-state index in [2.05, 4.69) is 37.2 Å². The number of benzene rings is 2. The summed E-state index contributed by atoms with van der Waals surface area (Å²) in [5, 5.41) is 2.84. The minimum absolute atomic E-state index is 0.207. The van der Waals surface area contributed by atoms with Crippen LogP contribution in [0.4, 0.5) is 5.69 Å². The van der Waals surface area contributed by atoms with Gasteiger partial charge in [-0.15, -0.1) is 0 Å². The fourth-order valence-electron chi connectivity index (χ4n) is 1.79. The van der Waals surface area contributed by atoms with E-state index in [4.69, 9.17) is 5.73 Å². The van der Waals surface area contributed by atoms with Crippen LogP contribution in [0.25, 0.3) is 0 Å². The van der Waals surface area contributed by atoms with E-state index < -0.39 is 6.04 Å². The average Bonchev–Trinajstić information content (AvgIpc) is 2.44. The summed E-state index contributed by atoms with van der Waals surface area (Å²) in [7, 11) is 0. The molecular formula is C15H14Br2N2O. The van der Waals surface area contributed by atoms with Crippen LogP contribution < -0.4 is 11.1 Å². The molecule has 0 heterocycles. The number of halogens is 2. The highest BCUT2D eigenvalue weighted by atomic mass is 79.9. The van der Waals surface area contributed by atoms with Crippen molar-refractivity contribution in [2.45, 2.75) is 12.5 Å². The van der Waals surface area contributed by atoms with Gasteiger partial charge in [0, 0.05) is 8.95 Å². The predicted octanol–water partition coefficient (Wildman–Crippen LogP) is 3.72. The Kier molecular flexibility index (Phi) is 5.34. The van der Waals surface area contributed by atoms with Gasteiger partial charge in [-0.25, -0.2) is 0 Å². The Morgan fingerprint density at radius 3 is 2.25 bits per heavy atom. The summed E-state index contributed by atoms with van der Waals surface area (Å²) in [6.45, 7) is 0. The number of amides is 1. The van der Waals surface area contributed by atoms with E-state index in [-0.39, 0.29) is 5.91 Å². The van der Waals surface area contributed by atoms with E-state index in [0.717, 1.165) is 14.5 Å². The smallest absolute Gasteiger partial charge is 0.241 e. The Hall–Kier alpha value is -1.17. The molecule has 0 saturated carbocycles. The van der Waals surface area contributed by atoms with Gasteiger partial charge in [-0.1, -0.05) is 36.4 Å². The van der Waals surface area contributed by atoms with E-state index >= 15 is 0 Å². The first kappa shape index (κ1) is 15.2. The van der Waals surface area contributed by atoms with E-state index in [9.17, 15) is 4.79 Å². The van der Waals surface area contributed by atoms with E-state index in [1.54, 1.807) is 0 Å². The normalized spacial score (nSPS) is 11.9. The van der Waals surface area contributed by atoms with Crippen LogP contribution in [0.15, 0.2) is 57.5 Å². The number of para-hydroxylation sites is 1. The van der Waals surface area contributed by atoms with Gasteiger partial charge in [0.15, 0.2) is 0 Å². The molecule has 2 aromatic rings. The zero-order valence-corrected chi connectivity index (χ0v) is 13.8.